The van der Waals surface area contributed by atoms with E-state index < -0.39 is 105 Å². The van der Waals surface area contributed by atoms with Gasteiger partial charge >= 0.3 is 29.8 Å². The lowest BCUT2D eigenvalue weighted by atomic mass is 9.84. The summed E-state index contributed by atoms with van der Waals surface area (Å²) in [6.07, 6.45) is -3.82. The van der Waals surface area contributed by atoms with Gasteiger partial charge in [-0.15, -0.1) is 0 Å². The normalized spacial score (nSPS) is 11.7. The summed E-state index contributed by atoms with van der Waals surface area (Å²) in [5.41, 5.74) is -5.89. The molecule has 0 aliphatic heterocycles. The molecule has 0 saturated carbocycles. The number of hydrogen-bond donors (Lipinski definition) is 8. The summed E-state index contributed by atoms with van der Waals surface area (Å²) in [6, 6.07) is 0. The number of ketones is 1. The van der Waals surface area contributed by atoms with Crippen LogP contribution in [0.2, 0.25) is 0 Å². The molecule has 180 valence electrons. The van der Waals surface area contributed by atoms with Gasteiger partial charge in [0, 0.05) is 17.2 Å². The first-order valence-electron chi connectivity index (χ1n) is 9.08. The molecule has 0 aliphatic rings. The highest BCUT2D eigenvalue weighted by atomic mass is 16.4. The van der Waals surface area contributed by atoms with Gasteiger partial charge in [0.05, 0.1) is 16.7 Å². The van der Waals surface area contributed by atoms with Gasteiger partial charge in [-0.1, -0.05) is 0 Å². The Hall–Kier alpha value is -4.72. The highest BCUT2D eigenvalue weighted by Gasteiger charge is 2.36. The number of carboxylic acids is 5. The summed E-state index contributed by atoms with van der Waals surface area (Å²) in [4.78, 5) is 69.9. The van der Waals surface area contributed by atoms with Crippen molar-refractivity contribution in [1.29, 1.82) is 0 Å². The fourth-order valence-electron chi connectivity index (χ4n) is 3.62. The van der Waals surface area contributed by atoms with E-state index in [1.54, 1.807) is 0 Å². The highest BCUT2D eigenvalue weighted by Crippen LogP contribution is 2.45. The molecule has 2 aromatic carbocycles. The molecule has 0 bridgehead atoms. The number of fused-ring (bicyclic) bond motifs is 1. The summed E-state index contributed by atoms with van der Waals surface area (Å²) >= 11 is 0. The standard InChI is InChI=1S/C20H16O14/c1-4-5(2-3-6(21)14(23)20(33)34)13(22)9-8(7(4)16(25)26)15(24)12(19(31)32)11(18(29)30)10(9)17(27)28/h14,22-24H,2-3H2,1H3,(H,25,26)(H,27,28)(H,29,30)(H,31,32)(H,33,34). The second-order valence-electron chi connectivity index (χ2n) is 6.98. The number of Topliss-reactive ketones (excluding diaryl/α,β-unsaturated/α-hetero) is 1. The molecule has 8 N–H and O–H groups in total. The van der Waals surface area contributed by atoms with Gasteiger partial charge in [-0.3, -0.25) is 4.79 Å². The van der Waals surface area contributed by atoms with E-state index in [1.807, 2.05) is 0 Å². The van der Waals surface area contributed by atoms with E-state index in [-0.39, 0.29) is 5.56 Å². The zero-order valence-electron chi connectivity index (χ0n) is 17.0. The quantitative estimate of drug-likeness (QED) is 0.224. The number of aliphatic carboxylic acids is 1. The molecule has 0 aliphatic carbocycles. The van der Waals surface area contributed by atoms with Crippen LogP contribution in [0.5, 0.6) is 11.5 Å². The van der Waals surface area contributed by atoms with Crippen molar-refractivity contribution in [3.05, 3.63) is 33.4 Å². The fraction of sp³-hybridized carbons (Fsp3) is 0.200. The Morgan fingerprint density at radius 1 is 0.676 bits per heavy atom. The van der Waals surface area contributed by atoms with Gasteiger partial charge in [0.1, 0.15) is 17.1 Å². The van der Waals surface area contributed by atoms with Gasteiger partial charge < -0.3 is 40.9 Å². The van der Waals surface area contributed by atoms with Gasteiger partial charge in [0.2, 0.25) is 6.10 Å². The van der Waals surface area contributed by atoms with Crippen LogP contribution in [0.25, 0.3) is 10.8 Å². The Balaban J connectivity index is 3.10. The van der Waals surface area contributed by atoms with Crippen LogP contribution in [0.3, 0.4) is 0 Å². The average Bonchev–Trinajstić information content (AvgIpc) is 2.71. The topological polar surface area (TPSA) is 264 Å². The molecule has 2 rings (SSSR count). The van der Waals surface area contributed by atoms with Crippen molar-refractivity contribution in [1.82, 2.24) is 0 Å². The lowest BCUT2D eigenvalue weighted by Gasteiger charge is -2.20. The summed E-state index contributed by atoms with van der Waals surface area (Å²) in [5, 5.41) is 75.5. The van der Waals surface area contributed by atoms with Crippen molar-refractivity contribution >= 4 is 46.4 Å². The van der Waals surface area contributed by atoms with Gasteiger partial charge in [-0.05, 0) is 24.5 Å². The Morgan fingerprint density at radius 3 is 1.53 bits per heavy atom. The molecule has 0 spiro atoms. The molecule has 14 heteroatoms. The number of phenolic OH excluding ortho intramolecular Hbond substituents is 1. The molecule has 2 aromatic rings. The van der Waals surface area contributed by atoms with E-state index in [0.29, 0.717) is 0 Å². The minimum absolute atomic E-state index is 0.360. The predicted octanol–water partition coefficient (Wildman–Crippen LogP) is 0.299. The molecule has 0 amide bonds. The Bertz CT molecular complexity index is 1300. The van der Waals surface area contributed by atoms with Crippen LogP contribution in [0.1, 0.15) is 59.0 Å². The number of aromatic hydroxyl groups is 2. The van der Waals surface area contributed by atoms with Crippen molar-refractivity contribution in [3.63, 3.8) is 0 Å². The number of hydrogen-bond acceptors (Lipinski definition) is 9. The van der Waals surface area contributed by atoms with Gasteiger partial charge in [-0.25, -0.2) is 24.0 Å². The van der Waals surface area contributed by atoms with E-state index in [2.05, 4.69) is 0 Å². The monoisotopic (exact) mass is 480 g/mol. The zero-order valence-corrected chi connectivity index (χ0v) is 17.0. The predicted molar refractivity (Wildman–Crippen MR) is 107 cm³/mol. The second kappa shape index (κ2) is 9.03. The number of aliphatic hydroxyl groups is 1. The van der Waals surface area contributed by atoms with E-state index >= 15 is 0 Å². The van der Waals surface area contributed by atoms with E-state index in [1.165, 1.54) is 0 Å². The van der Waals surface area contributed by atoms with Crippen LogP contribution in [0.4, 0.5) is 0 Å². The molecule has 1 atom stereocenters. The maximum Gasteiger partial charge on any atom is 0.340 e. The van der Waals surface area contributed by atoms with Crippen LogP contribution in [0.15, 0.2) is 0 Å². The first-order chi connectivity index (χ1) is 15.6. The van der Waals surface area contributed by atoms with Crippen LogP contribution >= 0.6 is 0 Å². The minimum atomic E-state index is -2.43. The maximum absolute atomic E-state index is 12.0. The number of aliphatic hydroxyl groups excluding tert-OH is 1. The molecule has 0 radical (unpaired) electrons. The molecule has 1 unspecified atom stereocenters. The maximum atomic E-state index is 12.0. The molecule has 0 aromatic heterocycles. The Kier molecular flexibility index (Phi) is 6.78. The van der Waals surface area contributed by atoms with Gasteiger partial charge in [-0.2, -0.15) is 0 Å². The van der Waals surface area contributed by atoms with Crippen molar-refractivity contribution in [2.24, 2.45) is 0 Å². The van der Waals surface area contributed by atoms with E-state index in [4.69, 9.17) is 5.11 Å². The lowest BCUT2D eigenvalue weighted by molar-refractivity contribution is -0.152. The minimum Gasteiger partial charge on any atom is -0.507 e. The van der Waals surface area contributed by atoms with Crippen molar-refractivity contribution in [2.45, 2.75) is 25.9 Å². The molecule has 0 saturated heterocycles. The number of benzene rings is 2. The van der Waals surface area contributed by atoms with Gasteiger partial charge in [0.25, 0.3) is 0 Å². The molecule has 0 heterocycles. The van der Waals surface area contributed by atoms with E-state index in [0.717, 1.165) is 6.92 Å². The Morgan fingerprint density at radius 2 is 1.12 bits per heavy atom. The van der Waals surface area contributed by atoms with Crippen LogP contribution in [-0.4, -0.2) is 82.6 Å². The summed E-state index contributed by atoms with van der Waals surface area (Å²) in [7, 11) is 0. The number of carbonyl (C=O) groups is 6. The Labute approximate surface area is 187 Å². The highest BCUT2D eigenvalue weighted by molar-refractivity contribution is 6.24. The number of rotatable bonds is 9. The smallest absolute Gasteiger partial charge is 0.340 e. The fourth-order valence-corrected chi connectivity index (χ4v) is 3.62. The van der Waals surface area contributed by atoms with Gasteiger partial charge in [0.15, 0.2) is 5.78 Å². The molecular weight excluding hydrogens is 464 g/mol. The van der Waals surface area contributed by atoms with Crippen molar-refractivity contribution in [2.75, 3.05) is 0 Å². The largest absolute Gasteiger partial charge is 0.507 e. The molecule has 14 nitrogen and oxygen atoms in total. The van der Waals surface area contributed by atoms with E-state index in [9.17, 15) is 64.5 Å². The van der Waals surface area contributed by atoms with Crippen LogP contribution in [0, 0.1) is 6.92 Å². The first kappa shape index (κ1) is 25.5. The summed E-state index contributed by atoms with van der Waals surface area (Å²) in [6.45, 7) is 1.07. The zero-order chi connectivity index (χ0) is 26.2. The van der Waals surface area contributed by atoms with Crippen LogP contribution in [-0.2, 0) is 16.0 Å². The molecule has 0 fully saturated rings. The first-order valence-corrected chi connectivity index (χ1v) is 9.08. The van der Waals surface area contributed by atoms with Crippen molar-refractivity contribution in [3.8, 4) is 11.5 Å². The summed E-state index contributed by atoms with van der Waals surface area (Å²) in [5.74, 6) is -13.7. The molecular formula is C20H16O14. The number of carboxylic acid groups (broad SMARTS) is 5. The third kappa shape index (κ3) is 4.04. The second-order valence-corrected chi connectivity index (χ2v) is 6.98. The SMILES string of the molecule is Cc1c(CCC(=O)C(O)C(=O)O)c(O)c2c(C(=O)O)c(C(=O)O)c(C(=O)O)c(O)c2c1C(=O)O. The number of phenols is 2. The number of aromatic carboxylic acids is 4. The third-order valence-corrected chi connectivity index (χ3v) is 5.09. The third-order valence-electron chi connectivity index (χ3n) is 5.09. The summed E-state index contributed by atoms with van der Waals surface area (Å²) < 4.78 is 0. The van der Waals surface area contributed by atoms with Crippen LogP contribution < -0.4 is 0 Å². The average molecular weight is 480 g/mol. The molecule has 34 heavy (non-hydrogen) atoms. The number of carbonyl (C=O) groups excluding carboxylic acids is 1. The van der Waals surface area contributed by atoms with Crippen molar-refractivity contribution < 1.29 is 69.6 Å². The lowest BCUT2D eigenvalue weighted by Crippen LogP contribution is -2.29.